The molecule has 0 aliphatic carbocycles. The van der Waals surface area contributed by atoms with Gasteiger partial charge in [0.05, 0.1) is 13.7 Å². The zero-order valence-electron chi connectivity index (χ0n) is 9.67. The Labute approximate surface area is 102 Å². The first-order valence-electron chi connectivity index (χ1n) is 5.57. The summed E-state index contributed by atoms with van der Waals surface area (Å²) >= 11 is 0. The van der Waals surface area contributed by atoms with E-state index in [9.17, 15) is 0 Å². The predicted octanol–water partition coefficient (Wildman–Crippen LogP) is 4.17. The SMILES string of the molecule is [CH2]OCc1ccc(C=Cc2ccccc2)cc1. The van der Waals surface area contributed by atoms with E-state index < -0.39 is 0 Å². The van der Waals surface area contributed by atoms with E-state index in [4.69, 9.17) is 4.74 Å². The molecule has 0 aromatic heterocycles. The van der Waals surface area contributed by atoms with Gasteiger partial charge in [0.25, 0.3) is 0 Å². The van der Waals surface area contributed by atoms with Crippen LogP contribution in [0.3, 0.4) is 0 Å². The maximum Gasteiger partial charge on any atom is 0.0718 e. The van der Waals surface area contributed by atoms with Crippen LogP contribution in [0, 0.1) is 7.11 Å². The van der Waals surface area contributed by atoms with Crippen LogP contribution in [-0.4, -0.2) is 0 Å². The Morgan fingerprint density at radius 1 is 0.824 bits per heavy atom. The van der Waals surface area contributed by atoms with Gasteiger partial charge >= 0.3 is 0 Å². The second-order valence-electron chi connectivity index (χ2n) is 3.83. The highest BCUT2D eigenvalue weighted by atomic mass is 16.5. The average Bonchev–Trinajstić information content (AvgIpc) is 2.40. The minimum absolute atomic E-state index is 0.558. The van der Waals surface area contributed by atoms with Crippen molar-refractivity contribution in [2.45, 2.75) is 6.61 Å². The van der Waals surface area contributed by atoms with Crippen LogP contribution in [0.4, 0.5) is 0 Å². The average molecular weight is 223 g/mol. The Morgan fingerprint density at radius 3 is 2.00 bits per heavy atom. The summed E-state index contributed by atoms with van der Waals surface area (Å²) in [6.45, 7) is 0.558. The van der Waals surface area contributed by atoms with E-state index in [1.54, 1.807) is 0 Å². The molecule has 0 aliphatic rings. The third-order valence-corrected chi connectivity index (χ3v) is 2.52. The van der Waals surface area contributed by atoms with E-state index in [-0.39, 0.29) is 0 Å². The van der Waals surface area contributed by atoms with E-state index >= 15 is 0 Å². The summed E-state index contributed by atoms with van der Waals surface area (Å²) in [4.78, 5) is 0. The molecule has 0 fully saturated rings. The van der Waals surface area contributed by atoms with Crippen molar-refractivity contribution in [1.29, 1.82) is 0 Å². The first kappa shape index (κ1) is 11.6. The van der Waals surface area contributed by atoms with Crippen LogP contribution >= 0.6 is 0 Å². The molecule has 1 nitrogen and oxygen atoms in total. The second-order valence-corrected chi connectivity index (χ2v) is 3.83. The van der Waals surface area contributed by atoms with Crippen molar-refractivity contribution < 1.29 is 4.74 Å². The molecule has 0 spiro atoms. The van der Waals surface area contributed by atoms with Crippen LogP contribution in [0.25, 0.3) is 12.2 Å². The fourth-order valence-electron chi connectivity index (χ4n) is 1.60. The topological polar surface area (TPSA) is 9.23 Å². The first-order chi connectivity index (χ1) is 8.38. The molecule has 0 saturated carbocycles. The molecular weight excluding hydrogens is 208 g/mol. The molecule has 1 radical (unpaired) electrons. The van der Waals surface area contributed by atoms with Crippen molar-refractivity contribution in [3.05, 3.63) is 78.4 Å². The predicted molar refractivity (Wildman–Crippen MR) is 72.0 cm³/mol. The molecule has 85 valence electrons. The largest absolute Gasteiger partial charge is 0.374 e. The Kier molecular flexibility index (Phi) is 4.11. The number of hydrogen-bond donors (Lipinski definition) is 0. The second kappa shape index (κ2) is 6.02. The highest BCUT2D eigenvalue weighted by molar-refractivity contribution is 5.69. The summed E-state index contributed by atoms with van der Waals surface area (Å²) < 4.78 is 4.83. The minimum atomic E-state index is 0.558. The maximum atomic E-state index is 4.83. The Hall–Kier alpha value is -1.86. The third-order valence-electron chi connectivity index (χ3n) is 2.52. The molecule has 17 heavy (non-hydrogen) atoms. The summed E-state index contributed by atoms with van der Waals surface area (Å²) in [5.41, 5.74) is 3.52. The van der Waals surface area contributed by atoms with E-state index in [0.29, 0.717) is 6.61 Å². The van der Waals surface area contributed by atoms with Crippen LogP contribution in [0.15, 0.2) is 54.6 Å². The summed E-state index contributed by atoms with van der Waals surface area (Å²) in [5.74, 6) is 0. The maximum absolute atomic E-state index is 4.83. The molecular formula is C16H15O. The fraction of sp³-hybridized carbons (Fsp3) is 0.0625. The van der Waals surface area contributed by atoms with Crippen molar-refractivity contribution in [3.8, 4) is 0 Å². The van der Waals surface area contributed by atoms with E-state index in [1.165, 1.54) is 11.1 Å². The summed E-state index contributed by atoms with van der Waals surface area (Å²) in [5, 5.41) is 0. The van der Waals surface area contributed by atoms with Crippen LogP contribution in [-0.2, 0) is 11.3 Å². The third kappa shape index (κ3) is 3.58. The van der Waals surface area contributed by atoms with Crippen molar-refractivity contribution in [2.24, 2.45) is 0 Å². The van der Waals surface area contributed by atoms with Gasteiger partial charge in [-0.05, 0) is 16.7 Å². The molecule has 0 atom stereocenters. The van der Waals surface area contributed by atoms with Gasteiger partial charge in [0.1, 0.15) is 0 Å². The van der Waals surface area contributed by atoms with Gasteiger partial charge in [-0.1, -0.05) is 66.7 Å². The van der Waals surface area contributed by atoms with Crippen LogP contribution in [0.1, 0.15) is 16.7 Å². The smallest absolute Gasteiger partial charge is 0.0718 e. The molecule has 2 aromatic carbocycles. The highest BCUT2D eigenvalue weighted by Crippen LogP contribution is 2.10. The summed E-state index contributed by atoms with van der Waals surface area (Å²) in [6, 6.07) is 18.5. The molecule has 1 heteroatoms. The van der Waals surface area contributed by atoms with Gasteiger partial charge in [-0.3, -0.25) is 0 Å². The monoisotopic (exact) mass is 223 g/mol. The summed E-state index contributed by atoms with van der Waals surface area (Å²) in [7, 11) is 3.37. The number of benzene rings is 2. The van der Waals surface area contributed by atoms with E-state index in [1.807, 2.05) is 18.2 Å². The van der Waals surface area contributed by atoms with Crippen LogP contribution in [0.5, 0.6) is 0 Å². The van der Waals surface area contributed by atoms with Crippen molar-refractivity contribution in [3.63, 3.8) is 0 Å². The van der Waals surface area contributed by atoms with Crippen LogP contribution in [0.2, 0.25) is 0 Å². The lowest BCUT2D eigenvalue weighted by atomic mass is 10.1. The highest BCUT2D eigenvalue weighted by Gasteiger charge is 1.91. The standard InChI is InChI=1S/C16H15O/c1-17-13-16-11-9-15(10-12-16)8-7-14-5-3-2-4-6-14/h2-12H,1,13H2. The van der Waals surface area contributed by atoms with Gasteiger partial charge in [0, 0.05) is 0 Å². The molecule has 0 aliphatic heterocycles. The molecule has 0 bridgehead atoms. The molecule has 0 heterocycles. The quantitative estimate of drug-likeness (QED) is 0.707. The lowest BCUT2D eigenvalue weighted by Crippen LogP contribution is -1.84. The Bertz CT molecular complexity index is 469. The van der Waals surface area contributed by atoms with Crippen molar-refractivity contribution in [2.75, 3.05) is 0 Å². The minimum Gasteiger partial charge on any atom is -0.374 e. The molecule has 2 rings (SSSR count). The molecule has 0 N–H and O–H groups in total. The van der Waals surface area contributed by atoms with Gasteiger partial charge < -0.3 is 4.74 Å². The first-order valence-corrected chi connectivity index (χ1v) is 5.57. The lowest BCUT2D eigenvalue weighted by molar-refractivity contribution is 0.229. The van der Waals surface area contributed by atoms with E-state index in [0.717, 1.165) is 5.56 Å². The fourth-order valence-corrected chi connectivity index (χ4v) is 1.60. The Morgan fingerprint density at radius 2 is 1.41 bits per heavy atom. The van der Waals surface area contributed by atoms with E-state index in [2.05, 4.69) is 55.7 Å². The lowest BCUT2D eigenvalue weighted by Gasteiger charge is -1.99. The van der Waals surface area contributed by atoms with Gasteiger partial charge in [-0.2, -0.15) is 0 Å². The number of ether oxygens (including phenoxy) is 1. The van der Waals surface area contributed by atoms with Gasteiger partial charge in [0.15, 0.2) is 0 Å². The van der Waals surface area contributed by atoms with Crippen molar-refractivity contribution in [1.82, 2.24) is 0 Å². The van der Waals surface area contributed by atoms with Gasteiger partial charge in [0.2, 0.25) is 0 Å². The van der Waals surface area contributed by atoms with Gasteiger partial charge in [-0.25, -0.2) is 0 Å². The normalized spacial score (nSPS) is 10.9. The molecule has 0 amide bonds. The molecule has 0 saturated heterocycles. The van der Waals surface area contributed by atoms with Gasteiger partial charge in [-0.15, -0.1) is 0 Å². The number of hydrogen-bond acceptors (Lipinski definition) is 1. The van der Waals surface area contributed by atoms with Crippen LogP contribution < -0.4 is 0 Å². The van der Waals surface area contributed by atoms with Crippen molar-refractivity contribution >= 4 is 12.2 Å². The Balaban J connectivity index is 2.06. The zero-order valence-corrected chi connectivity index (χ0v) is 9.67. The number of rotatable bonds is 4. The zero-order chi connectivity index (χ0) is 11.9. The summed E-state index contributed by atoms with van der Waals surface area (Å²) in [6.07, 6.45) is 4.21. The molecule has 2 aromatic rings. The molecule has 0 unspecified atom stereocenters.